The molecule has 1 N–H and O–H groups in total. The van der Waals surface area contributed by atoms with E-state index in [1.807, 2.05) is 24.4 Å². The first-order valence-corrected chi connectivity index (χ1v) is 7.44. The van der Waals surface area contributed by atoms with Crippen LogP contribution in [0.5, 0.6) is 0 Å². The number of hydrogen-bond donors (Lipinski definition) is 1. The van der Waals surface area contributed by atoms with Crippen LogP contribution >= 0.6 is 11.3 Å². The van der Waals surface area contributed by atoms with Gasteiger partial charge >= 0.3 is 0 Å². The second-order valence-electron chi connectivity index (χ2n) is 5.73. The lowest BCUT2D eigenvalue weighted by Gasteiger charge is -2.14. The van der Waals surface area contributed by atoms with Crippen molar-refractivity contribution in [1.29, 1.82) is 0 Å². The summed E-state index contributed by atoms with van der Waals surface area (Å²) in [6.45, 7) is 9.49. The van der Waals surface area contributed by atoms with Gasteiger partial charge in [-0.1, -0.05) is 26.8 Å². The molecule has 4 heteroatoms. The van der Waals surface area contributed by atoms with Crippen LogP contribution < -0.4 is 5.32 Å². The summed E-state index contributed by atoms with van der Waals surface area (Å²) in [7, 11) is 0. The Morgan fingerprint density at radius 2 is 2.11 bits per heavy atom. The standard InChI is InChI=1S/C15H21N3S/c1-11(12-7-5-6-8-16-12)17-9-14-18-13(10-19-14)15(2,3)4/h5-8,10-11,17H,9H2,1-4H3/t11-/m1/s1. The zero-order chi connectivity index (χ0) is 13.9. The molecule has 2 heterocycles. The van der Waals surface area contributed by atoms with Gasteiger partial charge in [-0.2, -0.15) is 0 Å². The SMILES string of the molecule is C[C@@H](NCc1nc(C(C)(C)C)cs1)c1ccccn1. The van der Waals surface area contributed by atoms with Crippen molar-refractivity contribution in [3.8, 4) is 0 Å². The maximum Gasteiger partial charge on any atom is 0.107 e. The lowest BCUT2D eigenvalue weighted by molar-refractivity contribution is 0.547. The molecule has 19 heavy (non-hydrogen) atoms. The Kier molecular flexibility index (Phi) is 4.32. The first-order valence-electron chi connectivity index (χ1n) is 6.56. The van der Waals surface area contributed by atoms with Gasteiger partial charge in [0, 0.05) is 29.6 Å². The minimum atomic E-state index is 0.126. The molecule has 0 spiro atoms. The lowest BCUT2D eigenvalue weighted by Crippen LogP contribution is -2.19. The summed E-state index contributed by atoms with van der Waals surface area (Å²) in [4.78, 5) is 9.04. The highest BCUT2D eigenvalue weighted by Crippen LogP contribution is 2.24. The average Bonchev–Trinajstić information content (AvgIpc) is 2.86. The minimum Gasteiger partial charge on any atom is -0.302 e. The zero-order valence-electron chi connectivity index (χ0n) is 12.0. The van der Waals surface area contributed by atoms with Crippen molar-refractivity contribution < 1.29 is 0 Å². The molecule has 0 aliphatic rings. The van der Waals surface area contributed by atoms with E-state index >= 15 is 0 Å². The quantitative estimate of drug-likeness (QED) is 0.925. The summed E-state index contributed by atoms with van der Waals surface area (Å²) in [5, 5.41) is 6.75. The third kappa shape index (κ3) is 3.85. The van der Waals surface area contributed by atoms with Crippen LogP contribution in [0.15, 0.2) is 29.8 Å². The van der Waals surface area contributed by atoms with Gasteiger partial charge < -0.3 is 5.32 Å². The van der Waals surface area contributed by atoms with Crippen molar-refractivity contribution in [3.05, 3.63) is 46.2 Å². The molecule has 0 unspecified atom stereocenters. The fourth-order valence-corrected chi connectivity index (χ4v) is 2.69. The van der Waals surface area contributed by atoms with Gasteiger partial charge in [-0.25, -0.2) is 4.98 Å². The molecule has 3 nitrogen and oxygen atoms in total. The first kappa shape index (κ1) is 14.2. The summed E-state index contributed by atoms with van der Waals surface area (Å²) in [5.41, 5.74) is 2.36. The van der Waals surface area contributed by atoms with Crippen LogP contribution in [-0.4, -0.2) is 9.97 Å². The van der Waals surface area contributed by atoms with Gasteiger partial charge in [-0.05, 0) is 19.1 Å². The molecular weight excluding hydrogens is 254 g/mol. The van der Waals surface area contributed by atoms with Crippen LogP contribution in [0.2, 0.25) is 0 Å². The van der Waals surface area contributed by atoms with Crippen molar-refractivity contribution in [3.63, 3.8) is 0 Å². The molecule has 2 aromatic heterocycles. The van der Waals surface area contributed by atoms with Crippen molar-refractivity contribution in [1.82, 2.24) is 15.3 Å². The van der Waals surface area contributed by atoms with Crippen LogP contribution in [-0.2, 0) is 12.0 Å². The number of nitrogens with zero attached hydrogens (tertiary/aromatic N) is 2. The molecule has 0 fully saturated rings. The highest BCUT2D eigenvalue weighted by atomic mass is 32.1. The van der Waals surface area contributed by atoms with Crippen LogP contribution in [0.1, 0.15) is 50.1 Å². The van der Waals surface area contributed by atoms with Gasteiger partial charge in [-0.3, -0.25) is 4.98 Å². The second-order valence-corrected chi connectivity index (χ2v) is 6.68. The predicted molar refractivity (Wildman–Crippen MR) is 80.3 cm³/mol. The molecule has 102 valence electrons. The van der Waals surface area contributed by atoms with Gasteiger partial charge in [0.15, 0.2) is 0 Å². The molecule has 0 aromatic carbocycles. The molecule has 0 aliphatic heterocycles. The fraction of sp³-hybridized carbons (Fsp3) is 0.467. The number of thiazole rings is 1. The number of aromatic nitrogens is 2. The number of pyridine rings is 1. The number of nitrogens with one attached hydrogen (secondary N) is 1. The van der Waals surface area contributed by atoms with Gasteiger partial charge in [0.2, 0.25) is 0 Å². The van der Waals surface area contributed by atoms with E-state index in [9.17, 15) is 0 Å². The molecular formula is C15H21N3S. The Morgan fingerprint density at radius 3 is 2.68 bits per heavy atom. The van der Waals surface area contributed by atoms with Crippen LogP contribution in [0.4, 0.5) is 0 Å². The van der Waals surface area contributed by atoms with Gasteiger partial charge in [0.1, 0.15) is 5.01 Å². The highest BCUT2D eigenvalue weighted by Gasteiger charge is 2.17. The topological polar surface area (TPSA) is 37.8 Å². The molecule has 0 bridgehead atoms. The van der Waals surface area contributed by atoms with Crippen molar-refractivity contribution >= 4 is 11.3 Å². The van der Waals surface area contributed by atoms with E-state index in [4.69, 9.17) is 0 Å². The first-order chi connectivity index (χ1) is 8.97. The normalized spacial score (nSPS) is 13.5. The fourth-order valence-electron chi connectivity index (χ4n) is 1.71. The van der Waals surface area contributed by atoms with Crippen LogP contribution in [0.3, 0.4) is 0 Å². The average molecular weight is 275 g/mol. The van der Waals surface area contributed by atoms with Gasteiger partial charge in [0.05, 0.1) is 11.4 Å². The maximum absolute atomic E-state index is 4.68. The Balaban J connectivity index is 1.94. The maximum atomic E-state index is 4.68. The third-order valence-corrected chi connectivity index (χ3v) is 3.86. The molecule has 0 amide bonds. The van der Waals surface area contributed by atoms with Crippen LogP contribution in [0.25, 0.3) is 0 Å². The Morgan fingerprint density at radius 1 is 1.32 bits per heavy atom. The predicted octanol–water partition coefficient (Wildman–Crippen LogP) is 3.69. The Labute approximate surface area is 119 Å². The van der Waals surface area contributed by atoms with E-state index in [1.165, 1.54) is 5.69 Å². The molecule has 0 radical (unpaired) electrons. The van der Waals surface area contributed by atoms with E-state index in [0.29, 0.717) is 0 Å². The summed E-state index contributed by atoms with van der Waals surface area (Å²) in [6, 6.07) is 6.23. The Hall–Kier alpha value is -1.26. The molecule has 0 saturated carbocycles. The van der Waals surface area contributed by atoms with E-state index in [1.54, 1.807) is 11.3 Å². The molecule has 2 aromatic rings. The van der Waals surface area contributed by atoms with E-state index < -0.39 is 0 Å². The molecule has 2 rings (SSSR count). The smallest absolute Gasteiger partial charge is 0.107 e. The van der Waals surface area contributed by atoms with Crippen molar-refractivity contribution in [2.75, 3.05) is 0 Å². The van der Waals surface area contributed by atoms with Gasteiger partial charge in [-0.15, -0.1) is 11.3 Å². The van der Waals surface area contributed by atoms with Gasteiger partial charge in [0.25, 0.3) is 0 Å². The van der Waals surface area contributed by atoms with Crippen molar-refractivity contribution in [2.24, 2.45) is 0 Å². The van der Waals surface area contributed by atoms with E-state index in [2.05, 4.69) is 48.4 Å². The third-order valence-electron chi connectivity index (χ3n) is 3.01. The zero-order valence-corrected chi connectivity index (χ0v) is 12.8. The van der Waals surface area contributed by atoms with Crippen LogP contribution in [0, 0.1) is 0 Å². The number of hydrogen-bond acceptors (Lipinski definition) is 4. The monoisotopic (exact) mass is 275 g/mol. The van der Waals surface area contributed by atoms with Crippen molar-refractivity contribution in [2.45, 2.75) is 45.7 Å². The summed E-state index contributed by atoms with van der Waals surface area (Å²) >= 11 is 1.72. The largest absolute Gasteiger partial charge is 0.302 e. The summed E-state index contributed by atoms with van der Waals surface area (Å²) in [6.07, 6.45) is 1.83. The minimum absolute atomic E-state index is 0.126. The summed E-state index contributed by atoms with van der Waals surface area (Å²) in [5.74, 6) is 0. The lowest BCUT2D eigenvalue weighted by atomic mass is 9.93. The van der Waals surface area contributed by atoms with E-state index in [0.717, 1.165) is 17.2 Å². The molecule has 1 atom stereocenters. The number of rotatable bonds is 4. The molecule has 0 saturated heterocycles. The summed E-state index contributed by atoms with van der Waals surface area (Å²) < 4.78 is 0. The molecule has 0 aliphatic carbocycles. The highest BCUT2D eigenvalue weighted by molar-refractivity contribution is 7.09. The Bertz CT molecular complexity index is 514. The second kappa shape index (κ2) is 5.80. The van der Waals surface area contributed by atoms with E-state index in [-0.39, 0.29) is 11.5 Å².